The molecule has 7 nitrogen and oxygen atoms in total. The van der Waals surface area contributed by atoms with Gasteiger partial charge >= 0.3 is 0 Å². The highest BCUT2D eigenvalue weighted by molar-refractivity contribution is 6.33. The number of hydrogen-bond donors (Lipinski definition) is 2. The monoisotopic (exact) mass is 350 g/mol. The van der Waals surface area contributed by atoms with Crippen LogP contribution in [0, 0.1) is 13.8 Å². The van der Waals surface area contributed by atoms with Crippen molar-refractivity contribution in [1.29, 1.82) is 0 Å². The number of nitrogens with zero attached hydrogens (tertiary/aromatic N) is 2. The molecule has 24 heavy (non-hydrogen) atoms. The van der Waals surface area contributed by atoms with E-state index in [1.54, 1.807) is 26.1 Å². The molecule has 0 atom stereocenters. The van der Waals surface area contributed by atoms with Crippen LogP contribution in [0.25, 0.3) is 0 Å². The molecular weight excluding hydrogens is 332 g/mol. The summed E-state index contributed by atoms with van der Waals surface area (Å²) in [6.45, 7) is 3.39. The van der Waals surface area contributed by atoms with E-state index in [2.05, 4.69) is 15.7 Å². The number of halogens is 1. The van der Waals surface area contributed by atoms with E-state index in [0.717, 1.165) is 5.56 Å². The molecular formula is C16H19ClN4O3. The Bertz CT molecular complexity index is 786. The van der Waals surface area contributed by atoms with Crippen molar-refractivity contribution in [2.75, 3.05) is 19.0 Å². The smallest absolute Gasteiger partial charge is 0.256 e. The summed E-state index contributed by atoms with van der Waals surface area (Å²) in [6.07, 6.45) is 0. The van der Waals surface area contributed by atoms with Gasteiger partial charge < -0.3 is 15.4 Å². The van der Waals surface area contributed by atoms with E-state index in [9.17, 15) is 9.59 Å². The second-order valence-corrected chi connectivity index (χ2v) is 5.67. The van der Waals surface area contributed by atoms with Gasteiger partial charge in [-0.3, -0.25) is 14.3 Å². The Morgan fingerprint density at radius 2 is 2.04 bits per heavy atom. The summed E-state index contributed by atoms with van der Waals surface area (Å²) in [6, 6.07) is 5.44. The summed E-state index contributed by atoms with van der Waals surface area (Å²) in [5.41, 5.74) is 2.29. The van der Waals surface area contributed by atoms with Crippen LogP contribution in [0.1, 0.15) is 21.6 Å². The van der Waals surface area contributed by atoms with Gasteiger partial charge in [-0.1, -0.05) is 17.7 Å². The van der Waals surface area contributed by atoms with Crippen molar-refractivity contribution in [3.8, 4) is 5.75 Å². The summed E-state index contributed by atoms with van der Waals surface area (Å²) in [5.74, 6) is -0.270. The predicted molar refractivity (Wildman–Crippen MR) is 91.6 cm³/mol. The number of carbonyl (C=O) groups is 2. The number of nitrogens with one attached hydrogen (secondary N) is 2. The van der Waals surface area contributed by atoms with E-state index >= 15 is 0 Å². The van der Waals surface area contributed by atoms with E-state index < -0.39 is 5.91 Å². The number of methoxy groups -OCH3 is 1. The average Bonchev–Trinajstić information content (AvgIpc) is 2.78. The molecule has 0 unspecified atom stereocenters. The highest BCUT2D eigenvalue weighted by atomic mass is 35.5. The van der Waals surface area contributed by atoms with Crippen molar-refractivity contribution < 1.29 is 14.3 Å². The first-order chi connectivity index (χ1) is 11.3. The summed E-state index contributed by atoms with van der Waals surface area (Å²) >= 11 is 6.03. The SMILES string of the molecule is COc1ccc(C)cc1NC(=O)CNC(=O)c1c(C)nn(C)c1Cl. The lowest BCUT2D eigenvalue weighted by Crippen LogP contribution is -2.33. The van der Waals surface area contributed by atoms with Crippen LogP contribution in [0.4, 0.5) is 5.69 Å². The van der Waals surface area contributed by atoms with Crippen LogP contribution in [0.3, 0.4) is 0 Å². The van der Waals surface area contributed by atoms with Crippen molar-refractivity contribution in [3.05, 3.63) is 40.2 Å². The molecule has 0 saturated carbocycles. The van der Waals surface area contributed by atoms with E-state index in [0.29, 0.717) is 17.1 Å². The second-order valence-electron chi connectivity index (χ2n) is 5.31. The maximum Gasteiger partial charge on any atom is 0.256 e. The Morgan fingerprint density at radius 1 is 1.33 bits per heavy atom. The minimum absolute atomic E-state index is 0.194. The van der Waals surface area contributed by atoms with Gasteiger partial charge in [-0.05, 0) is 31.5 Å². The van der Waals surface area contributed by atoms with Crippen LogP contribution < -0.4 is 15.4 Å². The van der Waals surface area contributed by atoms with E-state index in [4.69, 9.17) is 16.3 Å². The summed E-state index contributed by atoms with van der Waals surface area (Å²) < 4.78 is 6.61. The Balaban J connectivity index is 2.01. The number of aromatic nitrogens is 2. The molecule has 0 saturated heterocycles. The molecule has 0 aliphatic heterocycles. The molecule has 0 fully saturated rings. The molecule has 1 heterocycles. The lowest BCUT2D eigenvalue weighted by Gasteiger charge is -2.11. The quantitative estimate of drug-likeness (QED) is 0.864. The fraction of sp³-hybridized carbons (Fsp3) is 0.312. The van der Waals surface area contributed by atoms with Gasteiger partial charge in [-0.15, -0.1) is 0 Å². The largest absolute Gasteiger partial charge is 0.495 e. The number of anilines is 1. The summed E-state index contributed by atoms with van der Waals surface area (Å²) in [7, 11) is 3.16. The molecule has 0 aliphatic rings. The zero-order chi connectivity index (χ0) is 17.9. The van der Waals surface area contributed by atoms with Crippen LogP contribution >= 0.6 is 11.6 Å². The van der Waals surface area contributed by atoms with Crippen LogP contribution in [-0.2, 0) is 11.8 Å². The topological polar surface area (TPSA) is 85.2 Å². The fourth-order valence-corrected chi connectivity index (χ4v) is 2.51. The van der Waals surface area contributed by atoms with Crippen LogP contribution in [0.5, 0.6) is 5.75 Å². The average molecular weight is 351 g/mol. The molecule has 0 spiro atoms. The predicted octanol–water partition coefficient (Wildman–Crippen LogP) is 2.07. The van der Waals surface area contributed by atoms with Gasteiger partial charge in [-0.2, -0.15) is 5.10 Å². The zero-order valence-corrected chi connectivity index (χ0v) is 14.7. The highest BCUT2D eigenvalue weighted by Gasteiger charge is 2.19. The van der Waals surface area contributed by atoms with Gasteiger partial charge in [0.2, 0.25) is 5.91 Å². The molecule has 0 bridgehead atoms. The van der Waals surface area contributed by atoms with Crippen LogP contribution in [-0.4, -0.2) is 35.2 Å². The fourth-order valence-electron chi connectivity index (χ4n) is 2.25. The third kappa shape index (κ3) is 3.86. The summed E-state index contributed by atoms with van der Waals surface area (Å²) in [4.78, 5) is 24.2. The van der Waals surface area contributed by atoms with Crippen molar-refractivity contribution in [2.45, 2.75) is 13.8 Å². The third-order valence-corrected chi connectivity index (χ3v) is 3.85. The Hall–Kier alpha value is -2.54. The number of amides is 2. The molecule has 2 amide bonds. The number of benzene rings is 1. The lowest BCUT2D eigenvalue weighted by atomic mass is 10.2. The van der Waals surface area contributed by atoms with Crippen molar-refractivity contribution >= 4 is 29.1 Å². The van der Waals surface area contributed by atoms with Crippen LogP contribution in [0.2, 0.25) is 5.15 Å². The molecule has 128 valence electrons. The molecule has 2 N–H and O–H groups in total. The Kier molecular flexibility index (Phi) is 5.46. The number of ether oxygens (including phenoxy) is 1. The lowest BCUT2D eigenvalue weighted by molar-refractivity contribution is -0.115. The maximum atomic E-state index is 12.2. The number of aryl methyl sites for hydroxylation is 3. The number of carbonyl (C=O) groups excluding carboxylic acids is 2. The molecule has 0 radical (unpaired) electrons. The highest BCUT2D eigenvalue weighted by Crippen LogP contribution is 2.25. The molecule has 1 aromatic heterocycles. The van der Waals surface area contributed by atoms with Gasteiger partial charge in [0.05, 0.1) is 30.6 Å². The first-order valence-electron chi connectivity index (χ1n) is 7.25. The van der Waals surface area contributed by atoms with Gasteiger partial charge in [0.1, 0.15) is 10.9 Å². The Morgan fingerprint density at radius 3 is 2.62 bits per heavy atom. The van der Waals surface area contributed by atoms with Gasteiger partial charge in [0.25, 0.3) is 5.91 Å². The molecule has 8 heteroatoms. The molecule has 1 aromatic carbocycles. The second kappa shape index (κ2) is 7.35. The van der Waals surface area contributed by atoms with Crippen molar-refractivity contribution in [2.24, 2.45) is 7.05 Å². The van der Waals surface area contributed by atoms with E-state index in [1.807, 2.05) is 13.0 Å². The normalized spacial score (nSPS) is 10.4. The Labute approximate surface area is 144 Å². The molecule has 0 aliphatic carbocycles. The number of rotatable bonds is 5. The zero-order valence-electron chi connectivity index (χ0n) is 13.9. The van der Waals surface area contributed by atoms with Crippen molar-refractivity contribution in [3.63, 3.8) is 0 Å². The van der Waals surface area contributed by atoms with E-state index in [1.165, 1.54) is 11.8 Å². The minimum atomic E-state index is -0.447. The van der Waals surface area contributed by atoms with Crippen LogP contribution in [0.15, 0.2) is 18.2 Å². The molecule has 2 rings (SSSR count). The number of hydrogen-bond acceptors (Lipinski definition) is 4. The summed E-state index contributed by atoms with van der Waals surface area (Å²) in [5, 5.41) is 9.54. The molecule has 2 aromatic rings. The minimum Gasteiger partial charge on any atom is -0.495 e. The standard InChI is InChI=1S/C16H19ClN4O3/c1-9-5-6-12(24-4)11(7-9)19-13(22)8-18-16(23)14-10(2)20-21(3)15(14)17/h5-7H,8H2,1-4H3,(H,18,23)(H,19,22). The van der Waals surface area contributed by atoms with E-state index in [-0.39, 0.29) is 23.2 Å². The third-order valence-electron chi connectivity index (χ3n) is 3.42. The first kappa shape index (κ1) is 17.8. The van der Waals surface area contributed by atoms with Crippen molar-refractivity contribution in [1.82, 2.24) is 15.1 Å². The maximum absolute atomic E-state index is 12.2. The first-order valence-corrected chi connectivity index (χ1v) is 7.63. The van der Waals surface area contributed by atoms with Gasteiger partial charge in [-0.25, -0.2) is 0 Å². The van der Waals surface area contributed by atoms with Gasteiger partial charge in [0.15, 0.2) is 0 Å². The van der Waals surface area contributed by atoms with Gasteiger partial charge in [0, 0.05) is 7.05 Å².